The molecule has 0 bridgehead atoms. The summed E-state index contributed by atoms with van der Waals surface area (Å²) in [6.45, 7) is 2.60. The molecule has 5 rings (SSSR count). The van der Waals surface area contributed by atoms with E-state index < -0.39 is 0 Å². The number of rotatable bonds is 6. The second-order valence-corrected chi connectivity index (χ2v) is 8.78. The summed E-state index contributed by atoms with van der Waals surface area (Å²) in [5, 5.41) is 7.20. The van der Waals surface area contributed by atoms with Crippen LogP contribution in [0.15, 0.2) is 78.0 Å². The third-order valence-electron chi connectivity index (χ3n) is 6.72. The average Bonchev–Trinajstić information content (AvgIpc) is 3.05. The monoisotopic (exact) mass is 470 g/mol. The molecule has 0 amide bonds. The van der Waals surface area contributed by atoms with Crippen molar-refractivity contribution in [2.45, 2.75) is 31.7 Å². The Balaban J connectivity index is 1.57. The van der Waals surface area contributed by atoms with Crippen LogP contribution in [0.25, 0.3) is 0 Å². The molecule has 0 radical (unpaired) electrons. The molecule has 2 unspecified atom stereocenters. The van der Waals surface area contributed by atoms with Crippen LogP contribution < -0.4 is 24.8 Å². The first-order valence-corrected chi connectivity index (χ1v) is 11.9. The number of carbonyl (C=O) groups excluding carboxylic acids is 1. The average molecular weight is 471 g/mol. The summed E-state index contributed by atoms with van der Waals surface area (Å²) in [6.07, 6.45) is 1.18. The molecule has 0 saturated heterocycles. The minimum Gasteiger partial charge on any atom is -0.497 e. The zero-order valence-electron chi connectivity index (χ0n) is 20.3. The van der Waals surface area contributed by atoms with Crippen LogP contribution in [-0.4, -0.2) is 26.6 Å². The van der Waals surface area contributed by atoms with Gasteiger partial charge in [0.2, 0.25) is 0 Å². The maximum atomic E-state index is 13.8. The maximum Gasteiger partial charge on any atom is 0.163 e. The number of para-hydroxylation sites is 2. The number of methoxy groups -OCH3 is 2. The van der Waals surface area contributed by atoms with Crippen LogP contribution in [-0.2, 0) is 4.79 Å². The minimum atomic E-state index is -0.351. The highest BCUT2D eigenvalue weighted by Crippen LogP contribution is 2.46. The number of ketones is 1. The molecular weight excluding hydrogens is 440 g/mol. The van der Waals surface area contributed by atoms with Crippen molar-refractivity contribution in [1.29, 1.82) is 0 Å². The molecule has 1 aliphatic heterocycles. The van der Waals surface area contributed by atoms with Crippen molar-refractivity contribution < 1.29 is 19.0 Å². The minimum absolute atomic E-state index is 0.0908. The maximum absolute atomic E-state index is 13.8. The van der Waals surface area contributed by atoms with E-state index in [1.54, 1.807) is 14.2 Å². The SMILES string of the molecule is CCOc1ccc(C2CC(=O)C3=C(C2)Nc2ccccc2NC3c2ccc(OC)cc2OC)cc1. The number of Topliss-reactive ketones (excluding diaryl/α,β-unsaturated/α-hetero) is 1. The van der Waals surface area contributed by atoms with E-state index in [-0.39, 0.29) is 17.7 Å². The molecule has 6 nitrogen and oxygen atoms in total. The van der Waals surface area contributed by atoms with E-state index in [1.165, 1.54) is 0 Å². The molecule has 6 heteroatoms. The molecule has 0 aromatic heterocycles. The molecule has 35 heavy (non-hydrogen) atoms. The Morgan fingerprint density at radius 2 is 1.63 bits per heavy atom. The summed E-state index contributed by atoms with van der Waals surface area (Å²) >= 11 is 0. The lowest BCUT2D eigenvalue weighted by atomic mass is 9.78. The van der Waals surface area contributed by atoms with Gasteiger partial charge in [0.15, 0.2) is 5.78 Å². The number of fused-ring (bicyclic) bond motifs is 1. The van der Waals surface area contributed by atoms with Crippen LogP contribution in [0.2, 0.25) is 0 Å². The Morgan fingerprint density at radius 1 is 0.886 bits per heavy atom. The van der Waals surface area contributed by atoms with Gasteiger partial charge in [0.05, 0.1) is 38.2 Å². The standard InChI is InChI=1S/C29H30N2O4/c1-4-35-20-11-9-18(10-12-20)19-15-25-28(26(32)16-19)29(31-24-8-6-5-7-23(24)30-25)22-14-13-21(33-2)17-27(22)34-3/h5-14,17,19,29-31H,4,15-16H2,1-3H3. The van der Waals surface area contributed by atoms with Crippen LogP contribution in [0.4, 0.5) is 11.4 Å². The third kappa shape index (κ3) is 4.44. The van der Waals surface area contributed by atoms with Crippen molar-refractivity contribution in [1.82, 2.24) is 0 Å². The van der Waals surface area contributed by atoms with E-state index >= 15 is 0 Å². The van der Waals surface area contributed by atoms with Gasteiger partial charge in [0.25, 0.3) is 0 Å². The topological polar surface area (TPSA) is 68.8 Å². The first kappa shape index (κ1) is 22.8. The zero-order chi connectivity index (χ0) is 24.4. The van der Waals surface area contributed by atoms with Crippen LogP contribution >= 0.6 is 0 Å². The van der Waals surface area contributed by atoms with Gasteiger partial charge in [-0.1, -0.05) is 24.3 Å². The quantitative estimate of drug-likeness (QED) is 0.455. The van der Waals surface area contributed by atoms with Crippen molar-refractivity contribution >= 4 is 17.2 Å². The van der Waals surface area contributed by atoms with Gasteiger partial charge < -0.3 is 24.8 Å². The zero-order valence-corrected chi connectivity index (χ0v) is 20.3. The van der Waals surface area contributed by atoms with Crippen molar-refractivity contribution in [3.8, 4) is 17.2 Å². The van der Waals surface area contributed by atoms with Gasteiger partial charge in [-0.15, -0.1) is 0 Å². The van der Waals surface area contributed by atoms with Crippen LogP contribution in [0.5, 0.6) is 17.2 Å². The van der Waals surface area contributed by atoms with Gasteiger partial charge in [0.1, 0.15) is 17.2 Å². The van der Waals surface area contributed by atoms with Crippen molar-refractivity contribution in [3.63, 3.8) is 0 Å². The van der Waals surface area contributed by atoms with Crippen molar-refractivity contribution in [2.75, 3.05) is 31.5 Å². The lowest BCUT2D eigenvalue weighted by Crippen LogP contribution is -2.27. The van der Waals surface area contributed by atoms with Crippen LogP contribution in [0.3, 0.4) is 0 Å². The number of anilines is 2. The lowest BCUT2D eigenvalue weighted by Gasteiger charge is -2.30. The molecule has 0 spiro atoms. The largest absolute Gasteiger partial charge is 0.497 e. The fourth-order valence-electron chi connectivity index (χ4n) is 5.02. The van der Waals surface area contributed by atoms with Gasteiger partial charge in [-0.3, -0.25) is 4.79 Å². The molecule has 2 N–H and O–H groups in total. The number of nitrogens with one attached hydrogen (secondary N) is 2. The van der Waals surface area contributed by atoms with E-state index in [1.807, 2.05) is 61.5 Å². The molecule has 180 valence electrons. The Morgan fingerprint density at radius 3 is 2.34 bits per heavy atom. The number of ether oxygens (including phenoxy) is 3. The molecule has 2 atom stereocenters. The van der Waals surface area contributed by atoms with Gasteiger partial charge in [-0.05, 0) is 61.2 Å². The van der Waals surface area contributed by atoms with Gasteiger partial charge >= 0.3 is 0 Å². The Bertz CT molecular complexity index is 1270. The second-order valence-electron chi connectivity index (χ2n) is 8.78. The Kier molecular flexibility index (Phi) is 6.36. The van der Waals surface area contributed by atoms with Gasteiger partial charge in [0, 0.05) is 29.3 Å². The second kappa shape index (κ2) is 9.74. The Hall–Kier alpha value is -3.93. The summed E-state index contributed by atoms with van der Waals surface area (Å²) in [4.78, 5) is 13.8. The summed E-state index contributed by atoms with van der Waals surface area (Å²) < 4.78 is 16.7. The molecule has 2 aliphatic rings. The van der Waals surface area contributed by atoms with E-state index in [9.17, 15) is 4.79 Å². The molecule has 0 fully saturated rings. The predicted molar refractivity (Wildman–Crippen MR) is 138 cm³/mol. The molecule has 3 aromatic carbocycles. The first-order valence-electron chi connectivity index (χ1n) is 11.9. The number of carbonyl (C=O) groups is 1. The fourth-order valence-corrected chi connectivity index (χ4v) is 5.02. The van der Waals surface area contributed by atoms with Gasteiger partial charge in [-0.25, -0.2) is 0 Å². The summed E-state index contributed by atoms with van der Waals surface area (Å²) in [5.74, 6) is 2.44. The summed E-state index contributed by atoms with van der Waals surface area (Å²) in [6, 6.07) is 21.5. The lowest BCUT2D eigenvalue weighted by molar-refractivity contribution is -0.116. The van der Waals surface area contributed by atoms with E-state index in [2.05, 4.69) is 22.8 Å². The van der Waals surface area contributed by atoms with Crippen LogP contribution in [0, 0.1) is 0 Å². The molecule has 3 aromatic rings. The third-order valence-corrected chi connectivity index (χ3v) is 6.72. The number of hydrogen-bond donors (Lipinski definition) is 2. The smallest absolute Gasteiger partial charge is 0.163 e. The van der Waals surface area contributed by atoms with E-state index in [4.69, 9.17) is 14.2 Å². The fraction of sp³-hybridized carbons (Fsp3) is 0.276. The van der Waals surface area contributed by atoms with Crippen molar-refractivity contribution in [3.05, 3.63) is 89.1 Å². The summed E-state index contributed by atoms with van der Waals surface area (Å²) in [5.41, 5.74) is 5.63. The normalized spacial score (nSPS) is 19.0. The number of allylic oxidation sites excluding steroid dienone is 1. The highest BCUT2D eigenvalue weighted by molar-refractivity contribution is 6.01. The highest BCUT2D eigenvalue weighted by Gasteiger charge is 2.37. The molecule has 0 saturated carbocycles. The molecule has 1 aliphatic carbocycles. The van der Waals surface area contributed by atoms with E-state index in [0.29, 0.717) is 24.5 Å². The highest BCUT2D eigenvalue weighted by atomic mass is 16.5. The number of hydrogen-bond acceptors (Lipinski definition) is 6. The molecular formula is C29H30N2O4. The van der Waals surface area contributed by atoms with Crippen LogP contribution in [0.1, 0.15) is 42.9 Å². The van der Waals surface area contributed by atoms with Crippen molar-refractivity contribution in [2.24, 2.45) is 0 Å². The first-order chi connectivity index (χ1) is 17.1. The van der Waals surface area contributed by atoms with Gasteiger partial charge in [-0.2, -0.15) is 0 Å². The Labute approximate surface area is 205 Å². The number of benzene rings is 3. The van der Waals surface area contributed by atoms with E-state index in [0.717, 1.165) is 45.9 Å². The summed E-state index contributed by atoms with van der Waals surface area (Å²) in [7, 11) is 3.27. The molecule has 1 heterocycles. The predicted octanol–water partition coefficient (Wildman–Crippen LogP) is 6.08.